The minimum atomic E-state index is -1.35. The summed E-state index contributed by atoms with van der Waals surface area (Å²) >= 11 is 0. The quantitative estimate of drug-likeness (QED) is 0.127. The van der Waals surface area contributed by atoms with Crippen molar-refractivity contribution in [1.82, 2.24) is 9.55 Å². The van der Waals surface area contributed by atoms with Gasteiger partial charge in [-0.25, -0.2) is 14.6 Å². The summed E-state index contributed by atoms with van der Waals surface area (Å²) in [6.07, 6.45) is 1.58. The zero-order valence-corrected chi connectivity index (χ0v) is 23.1. The van der Waals surface area contributed by atoms with E-state index in [0.717, 1.165) is 58.5 Å². The number of aryl methyl sites for hydroxylation is 2. The summed E-state index contributed by atoms with van der Waals surface area (Å²) in [5.74, 6) is 1.29. The predicted octanol–water partition coefficient (Wildman–Crippen LogP) is 8.10. The summed E-state index contributed by atoms with van der Waals surface area (Å²) in [5, 5.41) is 14.9. The number of para-hydroxylation sites is 2. The monoisotopic (exact) mass is 548 g/mol. The molecule has 2 amide bonds. The number of amides is 2. The van der Waals surface area contributed by atoms with Gasteiger partial charge >= 0.3 is 12.2 Å². The van der Waals surface area contributed by atoms with Crippen LogP contribution in [0.1, 0.15) is 36.7 Å². The molecule has 0 fully saturated rings. The summed E-state index contributed by atoms with van der Waals surface area (Å²) in [7, 11) is 0. The fourth-order valence-corrected chi connectivity index (χ4v) is 4.89. The fourth-order valence-electron chi connectivity index (χ4n) is 4.89. The molecule has 0 radical (unpaired) electrons. The Morgan fingerprint density at radius 2 is 1.61 bits per heavy atom. The van der Waals surface area contributed by atoms with Crippen LogP contribution in [0.15, 0.2) is 91.0 Å². The average Bonchev–Trinajstić information content (AvgIpc) is 3.30. The van der Waals surface area contributed by atoms with Gasteiger partial charge in [-0.05, 0) is 60.4 Å². The van der Waals surface area contributed by atoms with Crippen LogP contribution in [0.5, 0.6) is 5.75 Å². The molecule has 1 aromatic heterocycles. The number of nitrogens with one attached hydrogen (secondary N) is 2. The van der Waals surface area contributed by atoms with E-state index in [2.05, 4.69) is 22.1 Å². The number of carbonyl (C=O) groups excluding carboxylic acids is 1. The number of hydrogen-bond donors (Lipinski definition) is 3. The summed E-state index contributed by atoms with van der Waals surface area (Å²) in [6.45, 7) is 4.77. The van der Waals surface area contributed by atoms with E-state index >= 15 is 0 Å². The minimum Gasteiger partial charge on any atom is -0.449 e. The molecule has 8 nitrogen and oxygen atoms in total. The Kier molecular flexibility index (Phi) is 8.29. The van der Waals surface area contributed by atoms with Crippen LogP contribution >= 0.6 is 0 Å². The lowest BCUT2D eigenvalue weighted by Gasteiger charge is -2.13. The van der Waals surface area contributed by atoms with Crippen molar-refractivity contribution in [3.8, 4) is 16.9 Å². The topological polar surface area (TPSA) is 105 Å². The standard InChI is InChI=1S/C33H32N4O4/c1-3-4-14-30-36-31-22(2)19-26(35-32(38)34-25-10-6-5-7-11-25)20-28(31)37(30)21-23-15-17-24(18-16-23)27-12-8-9-13-29(27)41-33(39)40/h5-13,15-20H,3-4,14,21H2,1-2H3,(H,39,40)(H2,34,35,38). The van der Waals surface area contributed by atoms with Crippen molar-refractivity contribution in [3.63, 3.8) is 0 Å². The van der Waals surface area contributed by atoms with E-state index in [0.29, 0.717) is 23.5 Å². The maximum Gasteiger partial charge on any atom is 0.511 e. The Hall–Kier alpha value is -5.11. The molecule has 0 unspecified atom stereocenters. The van der Waals surface area contributed by atoms with E-state index in [1.165, 1.54) is 0 Å². The second kappa shape index (κ2) is 12.4. The number of fused-ring (bicyclic) bond motifs is 1. The maximum absolute atomic E-state index is 12.7. The second-order valence-electron chi connectivity index (χ2n) is 9.88. The van der Waals surface area contributed by atoms with Gasteiger partial charge in [0.2, 0.25) is 0 Å². The largest absolute Gasteiger partial charge is 0.511 e. The number of carboxylic acid groups (broad SMARTS) is 1. The first kappa shape index (κ1) is 27.5. The molecule has 0 atom stereocenters. The number of unbranched alkanes of at least 4 members (excludes halogenated alkanes) is 1. The number of ether oxygens (including phenoxy) is 1. The molecule has 208 valence electrons. The molecule has 0 bridgehead atoms. The van der Waals surface area contributed by atoms with E-state index < -0.39 is 6.16 Å². The van der Waals surface area contributed by atoms with E-state index in [9.17, 15) is 9.59 Å². The highest BCUT2D eigenvalue weighted by atomic mass is 16.7. The van der Waals surface area contributed by atoms with Gasteiger partial charge in [0.25, 0.3) is 0 Å². The van der Waals surface area contributed by atoms with Crippen LogP contribution in [0, 0.1) is 6.92 Å². The normalized spacial score (nSPS) is 10.9. The molecule has 0 aliphatic heterocycles. The molecule has 3 N–H and O–H groups in total. The number of nitrogens with zero attached hydrogens (tertiary/aromatic N) is 2. The van der Waals surface area contributed by atoms with Crippen LogP contribution in [-0.2, 0) is 13.0 Å². The molecule has 4 aromatic carbocycles. The van der Waals surface area contributed by atoms with Crippen molar-refractivity contribution in [3.05, 3.63) is 108 Å². The summed E-state index contributed by atoms with van der Waals surface area (Å²) < 4.78 is 7.19. The predicted molar refractivity (Wildman–Crippen MR) is 162 cm³/mol. The Labute approximate surface area is 238 Å². The Morgan fingerprint density at radius 3 is 2.34 bits per heavy atom. The van der Waals surface area contributed by atoms with Crippen molar-refractivity contribution in [1.29, 1.82) is 0 Å². The van der Waals surface area contributed by atoms with Crippen molar-refractivity contribution in [2.45, 2.75) is 39.7 Å². The summed E-state index contributed by atoms with van der Waals surface area (Å²) in [6, 6.07) is 28.0. The molecule has 0 saturated heterocycles. The third-order valence-electron chi connectivity index (χ3n) is 6.86. The van der Waals surface area contributed by atoms with Crippen LogP contribution in [0.25, 0.3) is 22.2 Å². The minimum absolute atomic E-state index is 0.294. The molecule has 1 heterocycles. The zero-order valence-electron chi connectivity index (χ0n) is 23.1. The first-order chi connectivity index (χ1) is 19.9. The molecule has 0 spiro atoms. The smallest absolute Gasteiger partial charge is 0.449 e. The number of urea groups is 1. The molecule has 41 heavy (non-hydrogen) atoms. The molecule has 5 aromatic rings. The van der Waals surface area contributed by atoms with Gasteiger partial charge in [-0.15, -0.1) is 0 Å². The van der Waals surface area contributed by atoms with Crippen LogP contribution < -0.4 is 15.4 Å². The zero-order chi connectivity index (χ0) is 28.8. The lowest BCUT2D eigenvalue weighted by molar-refractivity contribution is 0.144. The number of carbonyl (C=O) groups is 2. The third kappa shape index (κ3) is 6.55. The molecular weight excluding hydrogens is 516 g/mol. The van der Waals surface area contributed by atoms with Gasteiger partial charge in [-0.2, -0.15) is 0 Å². The summed E-state index contributed by atoms with van der Waals surface area (Å²) in [4.78, 5) is 28.8. The molecule has 8 heteroatoms. The molecule has 5 rings (SSSR count). The van der Waals surface area contributed by atoms with Gasteiger partial charge in [0.15, 0.2) is 0 Å². The first-order valence-electron chi connectivity index (χ1n) is 13.6. The fraction of sp³-hybridized carbons (Fsp3) is 0.182. The van der Waals surface area contributed by atoms with Crippen LogP contribution in [0.4, 0.5) is 21.0 Å². The Morgan fingerprint density at radius 1 is 0.902 bits per heavy atom. The average molecular weight is 549 g/mol. The SMILES string of the molecule is CCCCc1nc2c(C)cc(NC(=O)Nc3ccccc3)cc2n1Cc1ccc(-c2ccccc2OC(=O)O)cc1. The number of rotatable bonds is 9. The lowest BCUT2D eigenvalue weighted by atomic mass is 10.0. The van der Waals surface area contributed by atoms with E-state index in [4.69, 9.17) is 14.8 Å². The number of anilines is 2. The van der Waals surface area contributed by atoms with E-state index in [-0.39, 0.29) is 6.03 Å². The highest BCUT2D eigenvalue weighted by Crippen LogP contribution is 2.31. The van der Waals surface area contributed by atoms with Crippen molar-refractivity contribution >= 4 is 34.6 Å². The van der Waals surface area contributed by atoms with Gasteiger partial charge in [0.05, 0.1) is 11.0 Å². The highest BCUT2D eigenvalue weighted by Gasteiger charge is 2.16. The van der Waals surface area contributed by atoms with Gasteiger partial charge in [-0.3, -0.25) is 0 Å². The summed E-state index contributed by atoms with van der Waals surface area (Å²) in [5.41, 5.74) is 6.90. The number of hydrogen-bond acceptors (Lipinski definition) is 4. The maximum atomic E-state index is 12.7. The van der Waals surface area contributed by atoms with Crippen molar-refractivity contribution < 1.29 is 19.4 Å². The first-order valence-corrected chi connectivity index (χ1v) is 13.6. The van der Waals surface area contributed by atoms with Gasteiger partial charge < -0.3 is 25.0 Å². The molecular formula is C33H32N4O4. The second-order valence-corrected chi connectivity index (χ2v) is 9.88. The molecule has 0 aliphatic rings. The third-order valence-corrected chi connectivity index (χ3v) is 6.86. The Bertz CT molecular complexity index is 1680. The van der Waals surface area contributed by atoms with Gasteiger partial charge in [0, 0.05) is 29.9 Å². The number of aromatic nitrogens is 2. The molecule has 0 saturated carbocycles. The van der Waals surface area contributed by atoms with Crippen LogP contribution in [-0.4, -0.2) is 26.8 Å². The Balaban J connectivity index is 1.44. The highest BCUT2D eigenvalue weighted by molar-refractivity contribution is 6.01. The van der Waals surface area contributed by atoms with Crippen LogP contribution in [0.2, 0.25) is 0 Å². The van der Waals surface area contributed by atoms with Crippen LogP contribution in [0.3, 0.4) is 0 Å². The van der Waals surface area contributed by atoms with Gasteiger partial charge in [0.1, 0.15) is 11.6 Å². The van der Waals surface area contributed by atoms with E-state index in [1.54, 1.807) is 12.1 Å². The number of benzene rings is 4. The number of imidazole rings is 1. The lowest BCUT2D eigenvalue weighted by Crippen LogP contribution is -2.19. The van der Waals surface area contributed by atoms with Crippen molar-refractivity contribution in [2.24, 2.45) is 0 Å². The van der Waals surface area contributed by atoms with Gasteiger partial charge in [-0.1, -0.05) is 74.0 Å². The molecule has 0 aliphatic carbocycles. The van der Waals surface area contributed by atoms with Crippen molar-refractivity contribution in [2.75, 3.05) is 10.6 Å². The van der Waals surface area contributed by atoms with E-state index in [1.807, 2.05) is 85.8 Å².